The zero-order chi connectivity index (χ0) is 21.5. The van der Waals surface area contributed by atoms with Crippen LogP contribution in [0.25, 0.3) is 0 Å². The molecule has 0 saturated carbocycles. The molecule has 0 aliphatic carbocycles. The maximum absolute atomic E-state index is 12.2. The minimum absolute atomic E-state index is 0.133. The van der Waals surface area contributed by atoms with Gasteiger partial charge in [-0.05, 0) is 31.1 Å². The highest BCUT2D eigenvalue weighted by molar-refractivity contribution is 8.13. The maximum Gasteiger partial charge on any atom is 0.308 e. The number of aliphatic hydroxyl groups excluding tert-OH is 2. The summed E-state index contributed by atoms with van der Waals surface area (Å²) in [4.78, 5) is 16.8. The Hall–Kier alpha value is -1.90. The van der Waals surface area contributed by atoms with Crippen molar-refractivity contribution in [3.05, 3.63) is 35.9 Å². The SMILES string of the molecule is CSC1=NC2C[C@H](O)[C@H](O)C[N+](CCCC[C@H](C)C(=O)OCc3ccccc3)=C2N1. The van der Waals surface area contributed by atoms with E-state index in [1.807, 2.05) is 43.5 Å². The summed E-state index contributed by atoms with van der Waals surface area (Å²) in [5, 5.41) is 24.6. The van der Waals surface area contributed by atoms with Crippen LogP contribution < -0.4 is 5.32 Å². The summed E-state index contributed by atoms with van der Waals surface area (Å²) >= 11 is 1.54. The van der Waals surface area contributed by atoms with Gasteiger partial charge in [-0.25, -0.2) is 10.3 Å². The van der Waals surface area contributed by atoms with Crippen molar-refractivity contribution < 1.29 is 24.3 Å². The van der Waals surface area contributed by atoms with Gasteiger partial charge in [-0.2, -0.15) is 0 Å². The van der Waals surface area contributed by atoms with Gasteiger partial charge in [0.05, 0.1) is 18.6 Å². The Kier molecular flexibility index (Phi) is 8.30. The number of carbonyl (C=O) groups is 1. The standard InChI is InChI=1S/C22H31N3O4S/c1-15(21(28)29-14-16-9-4-3-5-10-16)8-6-7-11-25-13-19(27)18(26)12-17-20(25)24-22(23-17)30-2/h3-5,9-10,15,17-19,26-27H,6-8,11-14H2,1-2H3/p+1/t15-,17?,18-,19+/m0/s1. The number of aliphatic imine (C=N–C) groups is 1. The zero-order valence-corrected chi connectivity index (χ0v) is 18.5. The van der Waals surface area contributed by atoms with Crippen LogP contribution in [0.5, 0.6) is 0 Å². The van der Waals surface area contributed by atoms with Crippen molar-refractivity contribution >= 4 is 28.7 Å². The van der Waals surface area contributed by atoms with Crippen LogP contribution in [0.2, 0.25) is 0 Å². The van der Waals surface area contributed by atoms with Crippen LogP contribution in [0.15, 0.2) is 35.3 Å². The van der Waals surface area contributed by atoms with Crippen molar-refractivity contribution in [2.45, 2.75) is 57.5 Å². The van der Waals surface area contributed by atoms with Gasteiger partial charge in [-0.3, -0.25) is 9.37 Å². The molecule has 1 aromatic carbocycles. The van der Waals surface area contributed by atoms with Crippen molar-refractivity contribution in [3.63, 3.8) is 0 Å². The molecule has 1 aromatic rings. The Bertz CT molecular complexity index is 784. The third-order valence-electron chi connectivity index (χ3n) is 5.62. The largest absolute Gasteiger partial charge is 0.461 e. The first-order valence-electron chi connectivity index (χ1n) is 10.5. The Balaban J connectivity index is 1.46. The summed E-state index contributed by atoms with van der Waals surface area (Å²) in [6.07, 6.45) is 3.34. The van der Waals surface area contributed by atoms with Crippen molar-refractivity contribution in [2.75, 3.05) is 19.3 Å². The van der Waals surface area contributed by atoms with Gasteiger partial charge < -0.3 is 14.9 Å². The normalized spacial score (nSPS) is 24.5. The van der Waals surface area contributed by atoms with E-state index < -0.39 is 12.2 Å². The predicted octanol–water partition coefficient (Wildman–Crippen LogP) is 1.76. The van der Waals surface area contributed by atoms with Crippen LogP contribution in [-0.2, 0) is 16.1 Å². The first-order valence-corrected chi connectivity index (χ1v) is 11.8. The summed E-state index contributed by atoms with van der Waals surface area (Å²) in [6, 6.07) is 9.55. The third kappa shape index (κ3) is 6.06. The van der Waals surface area contributed by atoms with Crippen LogP contribution >= 0.6 is 11.8 Å². The van der Waals surface area contributed by atoms with Gasteiger partial charge in [0.25, 0.3) is 11.0 Å². The van der Waals surface area contributed by atoms with Gasteiger partial charge in [0.1, 0.15) is 19.3 Å². The van der Waals surface area contributed by atoms with E-state index in [9.17, 15) is 15.0 Å². The van der Waals surface area contributed by atoms with E-state index in [1.54, 1.807) is 11.8 Å². The molecule has 164 valence electrons. The summed E-state index contributed by atoms with van der Waals surface area (Å²) in [7, 11) is 0. The van der Waals surface area contributed by atoms with Gasteiger partial charge in [-0.15, -0.1) is 0 Å². The monoisotopic (exact) mass is 434 g/mol. The Morgan fingerprint density at radius 3 is 2.80 bits per heavy atom. The Labute approximate surface area is 182 Å². The summed E-state index contributed by atoms with van der Waals surface area (Å²) in [6.45, 7) is 3.33. The molecule has 0 bridgehead atoms. The van der Waals surface area contributed by atoms with Crippen LogP contribution in [-0.4, -0.2) is 69.4 Å². The van der Waals surface area contributed by atoms with Crippen molar-refractivity contribution in [3.8, 4) is 0 Å². The van der Waals surface area contributed by atoms with Gasteiger partial charge in [0, 0.05) is 6.42 Å². The Morgan fingerprint density at radius 2 is 2.07 bits per heavy atom. The van der Waals surface area contributed by atoms with Gasteiger partial charge in [-0.1, -0.05) is 49.0 Å². The number of amidine groups is 2. The number of nitrogens with one attached hydrogen (secondary N) is 1. The van der Waals surface area contributed by atoms with Crippen molar-refractivity contribution in [1.29, 1.82) is 0 Å². The quantitative estimate of drug-likeness (QED) is 0.328. The second-order valence-corrected chi connectivity index (χ2v) is 8.77. The second kappa shape index (κ2) is 10.9. The van der Waals surface area contributed by atoms with E-state index in [2.05, 4.69) is 14.9 Å². The second-order valence-electron chi connectivity index (χ2n) is 7.97. The summed E-state index contributed by atoms with van der Waals surface area (Å²) in [5.74, 6) is 0.643. The third-order valence-corrected chi connectivity index (χ3v) is 6.21. The highest BCUT2D eigenvalue weighted by atomic mass is 32.2. The fraction of sp³-hybridized carbons (Fsp3) is 0.591. The fourth-order valence-corrected chi connectivity index (χ4v) is 4.21. The maximum atomic E-state index is 12.2. The minimum Gasteiger partial charge on any atom is -0.461 e. The molecular weight excluding hydrogens is 402 g/mol. The van der Waals surface area contributed by atoms with Gasteiger partial charge >= 0.3 is 5.97 Å². The molecule has 2 aliphatic rings. The number of ether oxygens (including phenoxy) is 1. The highest BCUT2D eigenvalue weighted by Gasteiger charge is 2.40. The smallest absolute Gasteiger partial charge is 0.308 e. The number of β-amino-alcohol motifs (C(OH)–C–C–N with tert-alkyl or cyclic N) is 1. The molecule has 7 nitrogen and oxygen atoms in total. The van der Waals surface area contributed by atoms with Crippen LogP contribution in [0, 0.1) is 5.92 Å². The first kappa shape index (κ1) is 22.8. The molecule has 2 aliphatic heterocycles. The molecule has 30 heavy (non-hydrogen) atoms. The average Bonchev–Trinajstić information content (AvgIpc) is 3.12. The van der Waals surface area contributed by atoms with E-state index in [0.29, 0.717) is 19.6 Å². The minimum atomic E-state index is -0.787. The number of nitrogens with zero attached hydrogens (tertiary/aromatic N) is 2. The lowest BCUT2D eigenvalue weighted by Gasteiger charge is -2.15. The van der Waals surface area contributed by atoms with Crippen LogP contribution in [0.4, 0.5) is 0 Å². The van der Waals surface area contributed by atoms with Crippen molar-refractivity contribution in [2.24, 2.45) is 10.9 Å². The molecule has 1 unspecified atom stereocenters. The number of esters is 1. The molecule has 3 N–H and O–H groups in total. The molecule has 2 heterocycles. The number of hydrogen-bond acceptors (Lipinski definition) is 7. The number of hydrogen-bond donors (Lipinski definition) is 3. The lowest BCUT2D eigenvalue weighted by molar-refractivity contribution is -0.539. The Morgan fingerprint density at radius 1 is 1.30 bits per heavy atom. The molecule has 3 rings (SSSR count). The lowest BCUT2D eigenvalue weighted by atomic mass is 10.0. The summed E-state index contributed by atoms with van der Waals surface area (Å²) in [5.41, 5.74) is 0.988. The molecule has 0 fully saturated rings. The predicted molar refractivity (Wildman–Crippen MR) is 119 cm³/mol. The number of benzene rings is 1. The highest BCUT2D eigenvalue weighted by Crippen LogP contribution is 2.19. The molecule has 0 spiro atoms. The van der Waals surface area contributed by atoms with E-state index in [1.165, 1.54) is 0 Å². The van der Waals surface area contributed by atoms with Crippen molar-refractivity contribution in [1.82, 2.24) is 5.32 Å². The molecule has 0 amide bonds. The molecule has 0 aromatic heterocycles. The molecule has 0 saturated heterocycles. The van der Waals surface area contributed by atoms with Gasteiger partial charge in [0.2, 0.25) is 0 Å². The summed E-state index contributed by atoms with van der Waals surface area (Å²) < 4.78 is 7.51. The number of rotatable bonds is 8. The fourth-order valence-electron chi connectivity index (χ4n) is 3.77. The number of thioether (sulfide) groups is 1. The van der Waals surface area contributed by atoms with E-state index in [-0.39, 0.29) is 17.9 Å². The molecule has 4 atom stereocenters. The number of unbranched alkanes of at least 4 members (excludes halogenated alkanes) is 1. The first-order chi connectivity index (χ1) is 14.5. The van der Waals surface area contributed by atoms with E-state index >= 15 is 0 Å². The molecule has 0 radical (unpaired) electrons. The number of carbonyl (C=O) groups excluding carboxylic acids is 1. The van der Waals surface area contributed by atoms with E-state index in [4.69, 9.17) is 4.74 Å². The van der Waals surface area contributed by atoms with Crippen LogP contribution in [0.1, 0.15) is 38.2 Å². The topological polar surface area (TPSA) is 94.2 Å². The van der Waals surface area contributed by atoms with Gasteiger partial charge in [0.15, 0.2) is 6.04 Å². The molecular formula is C22H32N3O4S+. The molecule has 8 heteroatoms. The zero-order valence-electron chi connectivity index (χ0n) is 17.7. The van der Waals surface area contributed by atoms with E-state index in [0.717, 1.165) is 42.4 Å². The number of aliphatic hydroxyl groups is 2. The number of fused-ring (bicyclic) bond motifs is 1. The lowest BCUT2D eigenvalue weighted by Crippen LogP contribution is -2.39. The average molecular weight is 435 g/mol. The van der Waals surface area contributed by atoms with Crippen LogP contribution in [0.3, 0.4) is 0 Å².